The maximum absolute atomic E-state index is 11.5. The predicted octanol–water partition coefficient (Wildman–Crippen LogP) is 1.41. The minimum atomic E-state index is 0.200. The Kier molecular flexibility index (Phi) is 5.51. The quantitative estimate of drug-likeness (QED) is 0.772. The van der Waals surface area contributed by atoms with Crippen molar-refractivity contribution in [2.24, 2.45) is 5.73 Å². The molecule has 0 bridgehead atoms. The molecule has 1 aromatic carbocycles. The van der Waals surface area contributed by atoms with Gasteiger partial charge in [-0.05, 0) is 30.7 Å². The summed E-state index contributed by atoms with van der Waals surface area (Å²) in [4.78, 5) is 11.5. The zero-order valence-electron chi connectivity index (χ0n) is 9.57. The molecule has 0 radical (unpaired) electrons. The highest BCUT2D eigenvalue weighted by Crippen LogP contribution is 2.06. The van der Waals surface area contributed by atoms with Crippen LogP contribution in [0.25, 0.3) is 0 Å². The van der Waals surface area contributed by atoms with Crippen molar-refractivity contribution < 1.29 is 4.79 Å². The summed E-state index contributed by atoms with van der Waals surface area (Å²) >= 11 is 0. The summed E-state index contributed by atoms with van der Waals surface area (Å²) in [5.74, 6) is 5.22. The largest absolute Gasteiger partial charge is 0.330 e. The van der Waals surface area contributed by atoms with E-state index < -0.39 is 0 Å². The van der Waals surface area contributed by atoms with Gasteiger partial charge in [-0.3, -0.25) is 4.79 Å². The van der Waals surface area contributed by atoms with Crippen LogP contribution in [-0.2, 0) is 11.2 Å². The van der Waals surface area contributed by atoms with Crippen LogP contribution in [0.1, 0.15) is 24.0 Å². The lowest BCUT2D eigenvalue weighted by molar-refractivity contribution is -0.118. The number of hydrogen-bond acceptors (Lipinski definition) is 3. The Balaban J connectivity index is 2.57. The third-order valence-corrected chi connectivity index (χ3v) is 2.28. The molecule has 0 aliphatic heterocycles. The first kappa shape index (κ1) is 13.0. The third-order valence-electron chi connectivity index (χ3n) is 2.28. The summed E-state index contributed by atoms with van der Waals surface area (Å²) in [6.07, 6.45) is 1.71. The highest BCUT2D eigenvalue weighted by atomic mass is 16.1. The smallest absolute Gasteiger partial charge is 0.152 e. The Morgan fingerprint density at radius 2 is 2.00 bits per heavy atom. The summed E-state index contributed by atoms with van der Waals surface area (Å²) < 4.78 is 0. The van der Waals surface area contributed by atoms with Gasteiger partial charge in [0.1, 0.15) is 5.78 Å². The van der Waals surface area contributed by atoms with Crippen LogP contribution in [0.5, 0.6) is 0 Å². The van der Waals surface area contributed by atoms with Crippen LogP contribution in [0.2, 0.25) is 0 Å². The van der Waals surface area contributed by atoms with Gasteiger partial charge in [-0.1, -0.05) is 18.1 Å². The number of nitrogens with zero attached hydrogens (tertiary/aromatic N) is 1. The number of Topliss-reactive ketones (excluding diaryl/α,β-unsaturated/α-hetero) is 1. The Morgan fingerprint density at radius 3 is 2.59 bits per heavy atom. The van der Waals surface area contributed by atoms with E-state index in [9.17, 15) is 4.79 Å². The zero-order chi connectivity index (χ0) is 12.5. The Labute approximate surface area is 101 Å². The zero-order valence-corrected chi connectivity index (χ0v) is 9.57. The van der Waals surface area contributed by atoms with Crippen LogP contribution in [0, 0.1) is 23.2 Å². The van der Waals surface area contributed by atoms with Crippen molar-refractivity contribution in [1.82, 2.24) is 0 Å². The maximum atomic E-state index is 11.5. The van der Waals surface area contributed by atoms with Crippen molar-refractivity contribution in [2.75, 3.05) is 6.54 Å². The van der Waals surface area contributed by atoms with Gasteiger partial charge in [0.15, 0.2) is 6.07 Å². The van der Waals surface area contributed by atoms with Gasteiger partial charge in [-0.2, -0.15) is 5.26 Å². The molecule has 0 heterocycles. The van der Waals surface area contributed by atoms with Crippen LogP contribution in [0.4, 0.5) is 0 Å². The molecule has 86 valence electrons. The number of carbonyl (C=O) groups is 1. The second-order valence-corrected chi connectivity index (χ2v) is 3.67. The lowest BCUT2D eigenvalue weighted by atomic mass is 10.0. The van der Waals surface area contributed by atoms with Crippen molar-refractivity contribution in [3.8, 4) is 17.9 Å². The normalized spacial score (nSPS) is 8.94. The number of ketones is 1. The second-order valence-electron chi connectivity index (χ2n) is 3.67. The molecule has 0 saturated carbocycles. The average molecular weight is 226 g/mol. The van der Waals surface area contributed by atoms with E-state index in [0.717, 1.165) is 17.5 Å². The standard InChI is InChI=1S/C14H14N2O/c15-9-1-3-12-5-7-13(8-6-12)11-14(17)4-2-10-16/h5-8H,2,4,10-11,16H2. The maximum Gasteiger partial charge on any atom is 0.152 e. The number of hydrogen-bond donors (Lipinski definition) is 1. The summed E-state index contributed by atoms with van der Waals surface area (Å²) in [6.45, 7) is 0.550. The topological polar surface area (TPSA) is 66.9 Å². The van der Waals surface area contributed by atoms with E-state index in [1.807, 2.05) is 24.3 Å². The van der Waals surface area contributed by atoms with E-state index in [1.165, 1.54) is 0 Å². The summed E-state index contributed by atoms with van der Waals surface area (Å²) in [6, 6.07) is 9.12. The SMILES string of the molecule is N#CC#Cc1ccc(CC(=O)CCCN)cc1. The lowest BCUT2D eigenvalue weighted by Crippen LogP contribution is -2.06. The fourth-order valence-electron chi connectivity index (χ4n) is 1.42. The van der Waals surface area contributed by atoms with Gasteiger partial charge in [-0.15, -0.1) is 0 Å². The monoisotopic (exact) mass is 226 g/mol. The van der Waals surface area contributed by atoms with E-state index in [2.05, 4.69) is 11.8 Å². The lowest BCUT2D eigenvalue weighted by Gasteiger charge is -2.00. The molecule has 3 heteroatoms. The van der Waals surface area contributed by atoms with Gasteiger partial charge < -0.3 is 5.73 Å². The summed E-state index contributed by atoms with van der Waals surface area (Å²) in [5, 5.41) is 8.31. The van der Waals surface area contributed by atoms with Gasteiger partial charge in [0.2, 0.25) is 0 Å². The van der Waals surface area contributed by atoms with E-state index in [1.54, 1.807) is 6.07 Å². The molecule has 0 amide bonds. The number of benzene rings is 1. The molecular weight excluding hydrogens is 212 g/mol. The number of nitrogens with two attached hydrogens (primary N) is 1. The molecule has 0 aliphatic rings. The van der Waals surface area contributed by atoms with Gasteiger partial charge in [0, 0.05) is 24.3 Å². The molecule has 0 saturated heterocycles. The summed E-state index contributed by atoms with van der Waals surface area (Å²) in [5.41, 5.74) is 7.09. The molecule has 0 fully saturated rings. The average Bonchev–Trinajstić information content (AvgIpc) is 2.35. The fourth-order valence-corrected chi connectivity index (χ4v) is 1.42. The molecule has 17 heavy (non-hydrogen) atoms. The first-order chi connectivity index (χ1) is 8.26. The third kappa shape index (κ3) is 4.97. The van der Waals surface area contributed by atoms with Crippen LogP contribution in [-0.4, -0.2) is 12.3 Å². The van der Waals surface area contributed by atoms with Crippen molar-refractivity contribution in [1.29, 1.82) is 5.26 Å². The molecule has 0 atom stereocenters. The van der Waals surface area contributed by atoms with Gasteiger partial charge in [-0.25, -0.2) is 0 Å². The van der Waals surface area contributed by atoms with E-state index in [4.69, 9.17) is 11.0 Å². The first-order valence-corrected chi connectivity index (χ1v) is 5.47. The van der Waals surface area contributed by atoms with E-state index >= 15 is 0 Å². The van der Waals surface area contributed by atoms with Crippen molar-refractivity contribution >= 4 is 5.78 Å². The molecule has 2 N–H and O–H groups in total. The Bertz CT molecular complexity index is 472. The minimum absolute atomic E-state index is 0.200. The first-order valence-electron chi connectivity index (χ1n) is 5.47. The summed E-state index contributed by atoms with van der Waals surface area (Å²) in [7, 11) is 0. The molecule has 0 aliphatic carbocycles. The van der Waals surface area contributed by atoms with Crippen molar-refractivity contribution in [3.63, 3.8) is 0 Å². The van der Waals surface area contributed by atoms with Crippen molar-refractivity contribution in [2.45, 2.75) is 19.3 Å². The highest BCUT2D eigenvalue weighted by Gasteiger charge is 2.02. The van der Waals surface area contributed by atoms with Gasteiger partial charge in [0.05, 0.1) is 0 Å². The second kappa shape index (κ2) is 7.22. The van der Waals surface area contributed by atoms with Crippen molar-refractivity contribution in [3.05, 3.63) is 35.4 Å². The Hall–Kier alpha value is -2.10. The molecule has 0 aromatic heterocycles. The molecule has 3 nitrogen and oxygen atoms in total. The number of rotatable bonds is 5. The number of nitriles is 1. The molecule has 1 rings (SSSR count). The van der Waals surface area contributed by atoms with Gasteiger partial charge >= 0.3 is 0 Å². The van der Waals surface area contributed by atoms with E-state index in [0.29, 0.717) is 19.4 Å². The minimum Gasteiger partial charge on any atom is -0.330 e. The highest BCUT2D eigenvalue weighted by molar-refractivity contribution is 5.80. The number of carbonyl (C=O) groups excluding carboxylic acids is 1. The van der Waals surface area contributed by atoms with E-state index in [-0.39, 0.29) is 5.78 Å². The van der Waals surface area contributed by atoms with Crippen LogP contribution < -0.4 is 5.73 Å². The predicted molar refractivity (Wildman–Crippen MR) is 65.9 cm³/mol. The van der Waals surface area contributed by atoms with Crippen LogP contribution >= 0.6 is 0 Å². The molecule has 0 spiro atoms. The van der Waals surface area contributed by atoms with Crippen LogP contribution in [0.3, 0.4) is 0 Å². The van der Waals surface area contributed by atoms with Crippen LogP contribution in [0.15, 0.2) is 24.3 Å². The molecule has 0 unspecified atom stereocenters. The molecule has 1 aromatic rings. The fraction of sp³-hybridized carbons (Fsp3) is 0.286. The Morgan fingerprint density at radius 1 is 1.29 bits per heavy atom. The molecular formula is C14H14N2O. The van der Waals surface area contributed by atoms with Gasteiger partial charge in [0.25, 0.3) is 0 Å².